The third kappa shape index (κ3) is 2.03. The van der Waals surface area contributed by atoms with E-state index in [4.69, 9.17) is 4.74 Å². The van der Waals surface area contributed by atoms with E-state index in [-0.39, 0.29) is 17.4 Å². The number of hydrogen-bond acceptors (Lipinski definition) is 3. The Hall–Kier alpha value is -1.10. The maximum atomic E-state index is 12.6. The summed E-state index contributed by atoms with van der Waals surface area (Å²) in [6.45, 7) is 5.57. The summed E-state index contributed by atoms with van der Waals surface area (Å²) >= 11 is 0. The topological polar surface area (TPSA) is 66.8 Å². The smallest absolute Gasteiger partial charge is 0.307 e. The number of carbonyl (C=O) groups excluding carboxylic acids is 1. The van der Waals surface area contributed by atoms with Crippen LogP contribution in [-0.2, 0) is 14.3 Å². The molecule has 0 aromatic heterocycles. The number of hydrogen-bond donors (Lipinski definition) is 1. The van der Waals surface area contributed by atoms with Gasteiger partial charge in [-0.05, 0) is 18.3 Å². The molecule has 2 atom stereocenters. The summed E-state index contributed by atoms with van der Waals surface area (Å²) in [7, 11) is 0. The molecular formula is C15H23NO4. The second-order valence-electron chi connectivity index (χ2n) is 7.11. The van der Waals surface area contributed by atoms with Crippen molar-refractivity contribution in [3.63, 3.8) is 0 Å². The van der Waals surface area contributed by atoms with E-state index in [9.17, 15) is 14.7 Å². The quantitative estimate of drug-likeness (QED) is 0.833. The molecule has 1 N–H and O–H groups in total. The number of carbonyl (C=O) groups is 2. The lowest BCUT2D eigenvalue weighted by Crippen LogP contribution is -2.53. The van der Waals surface area contributed by atoms with Gasteiger partial charge in [0, 0.05) is 13.1 Å². The number of amides is 1. The number of nitrogens with zero attached hydrogens (tertiary/aromatic N) is 1. The predicted octanol–water partition coefficient (Wildman–Crippen LogP) is 1.51. The molecule has 1 amide bonds. The van der Waals surface area contributed by atoms with Crippen molar-refractivity contribution in [2.75, 3.05) is 19.7 Å². The van der Waals surface area contributed by atoms with E-state index in [1.165, 1.54) is 0 Å². The Morgan fingerprint density at radius 3 is 2.40 bits per heavy atom. The minimum absolute atomic E-state index is 0.0111. The van der Waals surface area contributed by atoms with Crippen LogP contribution in [0.25, 0.3) is 0 Å². The van der Waals surface area contributed by atoms with E-state index < -0.39 is 17.3 Å². The highest BCUT2D eigenvalue weighted by atomic mass is 16.5. The zero-order valence-electron chi connectivity index (χ0n) is 12.2. The van der Waals surface area contributed by atoms with Gasteiger partial charge in [0.2, 0.25) is 5.91 Å². The van der Waals surface area contributed by atoms with Crippen molar-refractivity contribution in [2.24, 2.45) is 17.3 Å². The fourth-order valence-corrected chi connectivity index (χ4v) is 4.11. The van der Waals surface area contributed by atoms with Crippen LogP contribution >= 0.6 is 0 Å². The highest BCUT2D eigenvalue weighted by molar-refractivity contribution is 5.91. The number of morpholine rings is 1. The normalized spacial score (nSPS) is 34.2. The second-order valence-corrected chi connectivity index (χ2v) is 7.11. The fraction of sp³-hybridized carbons (Fsp3) is 0.867. The zero-order valence-corrected chi connectivity index (χ0v) is 12.2. The molecule has 112 valence electrons. The molecule has 1 saturated heterocycles. The molecule has 2 aliphatic carbocycles. The molecule has 0 bridgehead atoms. The van der Waals surface area contributed by atoms with Gasteiger partial charge in [0.15, 0.2) is 0 Å². The molecule has 1 heterocycles. The fourth-order valence-electron chi connectivity index (χ4n) is 4.11. The average molecular weight is 281 g/mol. The molecule has 1 aliphatic heterocycles. The molecular weight excluding hydrogens is 258 g/mol. The van der Waals surface area contributed by atoms with Gasteiger partial charge in [-0.3, -0.25) is 9.59 Å². The zero-order chi connectivity index (χ0) is 14.5. The lowest BCUT2D eigenvalue weighted by atomic mass is 9.99. The number of rotatable bonds is 2. The molecule has 0 aromatic carbocycles. The molecule has 5 nitrogen and oxygen atoms in total. The molecule has 1 spiro atoms. The Balaban J connectivity index is 1.70. The minimum atomic E-state index is -0.850. The Morgan fingerprint density at radius 2 is 1.85 bits per heavy atom. The van der Waals surface area contributed by atoms with E-state index in [0.717, 1.165) is 25.7 Å². The monoisotopic (exact) mass is 281 g/mol. The Morgan fingerprint density at radius 1 is 1.20 bits per heavy atom. The van der Waals surface area contributed by atoms with Crippen LogP contribution in [0.3, 0.4) is 0 Å². The van der Waals surface area contributed by atoms with Crippen LogP contribution in [-0.4, -0.2) is 47.2 Å². The highest BCUT2D eigenvalue weighted by Gasteiger charge is 2.67. The molecule has 0 aromatic rings. The maximum Gasteiger partial charge on any atom is 0.307 e. The van der Waals surface area contributed by atoms with E-state index in [2.05, 4.69) is 0 Å². The van der Waals surface area contributed by atoms with Crippen LogP contribution in [0.4, 0.5) is 0 Å². The number of aliphatic carboxylic acids is 1. The first-order valence-corrected chi connectivity index (χ1v) is 7.53. The van der Waals surface area contributed by atoms with Crippen molar-refractivity contribution in [1.29, 1.82) is 0 Å². The van der Waals surface area contributed by atoms with Gasteiger partial charge in [-0.25, -0.2) is 0 Å². The van der Waals surface area contributed by atoms with E-state index in [1.807, 2.05) is 18.7 Å². The lowest BCUT2D eigenvalue weighted by molar-refractivity contribution is -0.153. The Kier molecular flexibility index (Phi) is 3.08. The van der Waals surface area contributed by atoms with Crippen molar-refractivity contribution < 1.29 is 19.4 Å². The van der Waals surface area contributed by atoms with Crippen LogP contribution in [0.2, 0.25) is 0 Å². The molecule has 0 radical (unpaired) electrons. The van der Waals surface area contributed by atoms with Crippen LogP contribution in [0.5, 0.6) is 0 Å². The van der Waals surface area contributed by atoms with E-state index in [1.54, 1.807) is 0 Å². The van der Waals surface area contributed by atoms with Gasteiger partial charge < -0.3 is 14.7 Å². The number of carboxylic acid groups (broad SMARTS) is 1. The molecule has 3 fully saturated rings. The summed E-state index contributed by atoms with van der Waals surface area (Å²) < 4.78 is 5.92. The molecule has 2 saturated carbocycles. The standard InChI is InChI=1S/C15H23NO4/c1-14(2)10(11(14)13(18)19)12(17)16-7-8-20-15(9-16)5-3-4-6-15/h10-11H,3-9H2,1-2H3,(H,18,19)/t10-,11+/m1/s1. The minimum Gasteiger partial charge on any atom is -0.481 e. The van der Waals surface area contributed by atoms with Crippen LogP contribution < -0.4 is 0 Å². The highest BCUT2D eigenvalue weighted by Crippen LogP contribution is 2.59. The second kappa shape index (κ2) is 4.45. The van der Waals surface area contributed by atoms with Gasteiger partial charge in [0.25, 0.3) is 0 Å². The van der Waals surface area contributed by atoms with Crippen molar-refractivity contribution in [3.05, 3.63) is 0 Å². The van der Waals surface area contributed by atoms with Gasteiger partial charge in [-0.1, -0.05) is 26.7 Å². The van der Waals surface area contributed by atoms with Crippen LogP contribution in [0, 0.1) is 17.3 Å². The first-order valence-electron chi connectivity index (χ1n) is 7.53. The van der Waals surface area contributed by atoms with Gasteiger partial charge in [0.05, 0.1) is 24.0 Å². The van der Waals surface area contributed by atoms with E-state index >= 15 is 0 Å². The van der Waals surface area contributed by atoms with Gasteiger partial charge >= 0.3 is 5.97 Å². The van der Waals surface area contributed by atoms with Crippen LogP contribution in [0.15, 0.2) is 0 Å². The van der Waals surface area contributed by atoms with Crippen molar-refractivity contribution in [3.8, 4) is 0 Å². The van der Waals surface area contributed by atoms with Gasteiger partial charge in [-0.15, -0.1) is 0 Å². The third-order valence-corrected chi connectivity index (χ3v) is 5.43. The first-order chi connectivity index (χ1) is 9.37. The first kappa shape index (κ1) is 13.9. The number of ether oxygens (including phenoxy) is 1. The van der Waals surface area contributed by atoms with Crippen molar-refractivity contribution >= 4 is 11.9 Å². The Labute approximate surface area is 119 Å². The molecule has 3 rings (SSSR count). The number of carboxylic acids is 1. The summed E-state index contributed by atoms with van der Waals surface area (Å²) in [4.78, 5) is 25.7. The summed E-state index contributed by atoms with van der Waals surface area (Å²) in [6, 6.07) is 0. The van der Waals surface area contributed by atoms with Gasteiger partial charge in [0.1, 0.15) is 0 Å². The molecule has 3 aliphatic rings. The summed E-state index contributed by atoms with van der Waals surface area (Å²) in [6.07, 6.45) is 4.36. The summed E-state index contributed by atoms with van der Waals surface area (Å²) in [5.41, 5.74) is -0.560. The maximum absolute atomic E-state index is 12.6. The summed E-state index contributed by atoms with van der Waals surface area (Å²) in [5.74, 6) is -1.73. The molecule has 5 heteroatoms. The molecule has 0 unspecified atom stereocenters. The predicted molar refractivity (Wildman–Crippen MR) is 72.1 cm³/mol. The van der Waals surface area contributed by atoms with Crippen molar-refractivity contribution in [1.82, 2.24) is 4.90 Å². The van der Waals surface area contributed by atoms with Crippen LogP contribution in [0.1, 0.15) is 39.5 Å². The largest absolute Gasteiger partial charge is 0.481 e. The third-order valence-electron chi connectivity index (χ3n) is 5.43. The SMILES string of the molecule is CC1(C)[C@H](C(=O)O)[C@@H]1C(=O)N1CCOC2(CCCC2)C1. The average Bonchev–Trinajstić information content (AvgIpc) is 2.73. The van der Waals surface area contributed by atoms with Crippen molar-refractivity contribution in [2.45, 2.75) is 45.1 Å². The lowest BCUT2D eigenvalue weighted by Gasteiger charge is -2.40. The summed E-state index contributed by atoms with van der Waals surface area (Å²) in [5, 5.41) is 9.22. The van der Waals surface area contributed by atoms with Gasteiger partial charge in [-0.2, -0.15) is 0 Å². The Bertz CT molecular complexity index is 439. The van der Waals surface area contributed by atoms with E-state index in [0.29, 0.717) is 19.7 Å². The molecule has 20 heavy (non-hydrogen) atoms.